The number of nitro benzene ring substituents is 1. The number of carbonyl (C=O) groups excluding carboxylic acids is 1. The van der Waals surface area contributed by atoms with E-state index >= 15 is 0 Å². The van der Waals surface area contributed by atoms with E-state index in [0.29, 0.717) is 4.57 Å². The smallest absolute Gasteiger partial charge is 0.351 e. The zero-order valence-electron chi connectivity index (χ0n) is 15.8. The Kier molecular flexibility index (Phi) is 5.23. The highest BCUT2D eigenvalue weighted by Gasteiger charge is 2.59. The molecule has 0 bridgehead atoms. The second-order valence-electron chi connectivity index (χ2n) is 6.77. The monoisotopic (exact) mass is 456 g/mol. The number of anilines is 1. The van der Waals surface area contributed by atoms with Crippen molar-refractivity contribution in [1.82, 2.24) is 9.55 Å². The normalized spacial score (nSPS) is 23.2. The van der Waals surface area contributed by atoms with Gasteiger partial charge in [0.2, 0.25) is 13.0 Å². The highest BCUT2D eigenvalue weighted by atomic mass is 19.3. The lowest BCUT2D eigenvalue weighted by atomic mass is 10.1. The molecule has 2 aliphatic heterocycles. The van der Waals surface area contributed by atoms with Gasteiger partial charge in [0.25, 0.3) is 11.6 Å². The molecule has 4 rings (SSSR count). The Morgan fingerprint density at radius 3 is 2.66 bits per heavy atom. The summed E-state index contributed by atoms with van der Waals surface area (Å²) < 4.78 is 43.9. The number of nitrogens with one attached hydrogen (secondary N) is 1. The number of fused-ring (bicyclic) bond motifs is 1. The van der Waals surface area contributed by atoms with E-state index in [2.05, 4.69) is 10.3 Å². The second kappa shape index (κ2) is 7.77. The van der Waals surface area contributed by atoms with E-state index in [1.54, 1.807) is 0 Å². The number of benzene rings is 1. The first kappa shape index (κ1) is 21.5. The third-order valence-corrected chi connectivity index (χ3v) is 4.82. The van der Waals surface area contributed by atoms with Crippen molar-refractivity contribution in [2.45, 2.75) is 24.4 Å². The van der Waals surface area contributed by atoms with Crippen LogP contribution in [0.2, 0.25) is 0 Å². The Morgan fingerprint density at radius 1 is 1.38 bits per heavy atom. The van der Waals surface area contributed by atoms with Gasteiger partial charge in [0.05, 0.1) is 17.6 Å². The molecule has 170 valence electrons. The molecule has 3 atom stereocenters. The summed E-state index contributed by atoms with van der Waals surface area (Å²) in [6.07, 6.45) is -5.37. The van der Waals surface area contributed by atoms with E-state index in [1.165, 1.54) is 0 Å². The van der Waals surface area contributed by atoms with Gasteiger partial charge in [-0.15, -0.1) is 0 Å². The van der Waals surface area contributed by atoms with Gasteiger partial charge in [0.1, 0.15) is 17.5 Å². The van der Waals surface area contributed by atoms with Gasteiger partial charge in [-0.1, -0.05) is 0 Å². The van der Waals surface area contributed by atoms with E-state index in [-0.39, 0.29) is 24.1 Å². The summed E-state index contributed by atoms with van der Waals surface area (Å²) >= 11 is 0. The molecule has 2 aromatic rings. The number of aliphatic hydroxyl groups is 2. The zero-order valence-corrected chi connectivity index (χ0v) is 15.8. The number of rotatable bonds is 5. The van der Waals surface area contributed by atoms with Crippen molar-refractivity contribution in [3.63, 3.8) is 0 Å². The topological polar surface area (TPSA) is 175 Å². The zero-order chi connectivity index (χ0) is 23.2. The number of nitrogens with zero attached hydrogens (tertiary/aromatic N) is 3. The van der Waals surface area contributed by atoms with E-state index in [9.17, 15) is 33.6 Å². The van der Waals surface area contributed by atoms with E-state index < -0.39 is 58.7 Å². The van der Waals surface area contributed by atoms with Gasteiger partial charge >= 0.3 is 11.6 Å². The largest absolute Gasteiger partial charge is 0.454 e. The predicted molar refractivity (Wildman–Crippen MR) is 97.6 cm³/mol. The third kappa shape index (κ3) is 3.51. The van der Waals surface area contributed by atoms with Crippen LogP contribution in [-0.4, -0.2) is 62.1 Å². The fraction of sp³-hybridized carbons (Fsp3) is 0.353. The van der Waals surface area contributed by atoms with Crippen LogP contribution in [0, 0.1) is 10.1 Å². The van der Waals surface area contributed by atoms with Gasteiger partial charge < -0.3 is 29.7 Å². The molecule has 3 heterocycles. The molecule has 13 nitrogen and oxygen atoms in total. The fourth-order valence-electron chi connectivity index (χ4n) is 3.23. The lowest BCUT2D eigenvalue weighted by molar-refractivity contribution is -0.385. The molecule has 32 heavy (non-hydrogen) atoms. The van der Waals surface area contributed by atoms with Gasteiger partial charge in [0.15, 0.2) is 17.6 Å². The summed E-state index contributed by atoms with van der Waals surface area (Å²) in [6.45, 7) is -1.09. The van der Waals surface area contributed by atoms with E-state index in [1.807, 2.05) is 0 Å². The van der Waals surface area contributed by atoms with Gasteiger partial charge in [-0.2, -0.15) is 13.8 Å². The highest BCUT2D eigenvalue weighted by Crippen LogP contribution is 2.42. The Labute approximate surface area is 175 Å². The fourth-order valence-corrected chi connectivity index (χ4v) is 3.23. The van der Waals surface area contributed by atoms with Crippen molar-refractivity contribution in [3.05, 3.63) is 50.6 Å². The summed E-state index contributed by atoms with van der Waals surface area (Å²) in [4.78, 5) is 38.8. The average molecular weight is 456 g/mol. The Hall–Kier alpha value is -3.69. The summed E-state index contributed by atoms with van der Waals surface area (Å²) in [7, 11) is 0. The third-order valence-electron chi connectivity index (χ3n) is 4.82. The number of nitro groups is 1. The van der Waals surface area contributed by atoms with Crippen molar-refractivity contribution >= 4 is 17.4 Å². The van der Waals surface area contributed by atoms with Crippen LogP contribution in [0.1, 0.15) is 16.6 Å². The van der Waals surface area contributed by atoms with Crippen molar-refractivity contribution in [1.29, 1.82) is 0 Å². The Bertz CT molecular complexity index is 1160. The highest BCUT2D eigenvalue weighted by molar-refractivity contribution is 6.07. The number of ether oxygens (including phenoxy) is 3. The van der Waals surface area contributed by atoms with Gasteiger partial charge in [-0.3, -0.25) is 19.5 Å². The SMILES string of the molecule is O=C(Nc1ccn([C@@H]2OC(CO)[C@H](O)C2(F)F)c(=O)n1)c1cc2c(cc1[N+](=O)[O-])OCO2. The first-order chi connectivity index (χ1) is 15.1. The minimum absolute atomic E-state index is 0.0786. The molecule has 1 aromatic carbocycles. The molecule has 2 aliphatic rings. The van der Waals surface area contributed by atoms with Crippen LogP contribution in [-0.2, 0) is 4.74 Å². The summed E-state index contributed by atoms with van der Waals surface area (Å²) in [5.41, 5.74) is -2.27. The molecule has 1 saturated heterocycles. The van der Waals surface area contributed by atoms with Crippen LogP contribution < -0.4 is 20.5 Å². The molecule has 0 spiro atoms. The number of aromatic nitrogens is 2. The van der Waals surface area contributed by atoms with Crippen LogP contribution in [0.4, 0.5) is 20.3 Å². The molecule has 1 fully saturated rings. The number of halogens is 2. The van der Waals surface area contributed by atoms with E-state index in [4.69, 9.17) is 19.3 Å². The van der Waals surface area contributed by atoms with Crippen molar-refractivity contribution in [2.24, 2.45) is 0 Å². The number of carbonyl (C=O) groups is 1. The summed E-state index contributed by atoms with van der Waals surface area (Å²) in [6, 6.07) is 3.07. The van der Waals surface area contributed by atoms with Crippen LogP contribution >= 0.6 is 0 Å². The van der Waals surface area contributed by atoms with Gasteiger partial charge in [0, 0.05) is 12.3 Å². The first-order valence-corrected chi connectivity index (χ1v) is 8.94. The first-order valence-electron chi connectivity index (χ1n) is 8.94. The number of hydrogen-bond donors (Lipinski definition) is 3. The van der Waals surface area contributed by atoms with Crippen LogP contribution in [0.5, 0.6) is 11.5 Å². The number of aliphatic hydroxyl groups excluding tert-OH is 2. The molecular formula is C17H14F2N4O9. The Balaban J connectivity index is 1.60. The van der Waals surface area contributed by atoms with Crippen LogP contribution in [0.3, 0.4) is 0 Å². The molecule has 1 amide bonds. The summed E-state index contributed by atoms with van der Waals surface area (Å²) in [5, 5.41) is 32.1. The molecule has 0 aliphatic carbocycles. The quantitative estimate of drug-likeness (QED) is 0.411. The average Bonchev–Trinajstić information content (AvgIpc) is 3.29. The van der Waals surface area contributed by atoms with Crippen LogP contribution in [0.25, 0.3) is 0 Å². The molecule has 1 aromatic heterocycles. The summed E-state index contributed by atoms with van der Waals surface area (Å²) in [5.74, 6) is -5.13. The number of alkyl halides is 2. The second-order valence-corrected chi connectivity index (χ2v) is 6.77. The lowest BCUT2D eigenvalue weighted by Gasteiger charge is -2.21. The standard InChI is InChI=1S/C17H14F2N4O9/c18-17(19)13(25)11(5-24)32-15(17)22-2-1-12(21-16(22)27)20-14(26)7-3-9-10(31-6-30-9)4-8(7)23(28)29/h1-4,11,13,15,24-25H,5-6H2,(H,20,21,26,27)/t11?,13-,15+/m0/s1. The lowest BCUT2D eigenvalue weighted by Crippen LogP contribution is -2.41. The number of hydrogen-bond acceptors (Lipinski definition) is 10. The maximum absolute atomic E-state index is 14.2. The minimum Gasteiger partial charge on any atom is -0.454 e. The van der Waals surface area contributed by atoms with Crippen LogP contribution in [0.15, 0.2) is 29.2 Å². The molecular weight excluding hydrogens is 442 g/mol. The van der Waals surface area contributed by atoms with Gasteiger partial charge in [-0.05, 0) is 6.07 Å². The minimum atomic E-state index is -3.91. The molecule has 0 saturated carbocycles. The van der Waals surface area contributed by atoms with Crippen molar-refractivity contribution in [2.75, 3.05) is 18.7 Å². The molecule has 0 radical (unpaired) electrons. The maximum Gasteiger partial charge on any atom is 0.351 e. The van der Waals surface area contributed by atoms with E-state index in [0.717, 1.165) is 24.4 Å². The molecule has 15 heteroatoms. The van der Waals surface area contributed by atoms with Crippen molar-refractivity contribution < 1.29 is 42.9 Å². The van der Waals surface area contributed by atoms with Gasteiger partial charge in [-0.25, -0.2) is 4.79 Å². The number of amides is 1. The Morgan fingerprint density at radius 2 is 2.06 bits per heavy atom. The molecule has 3 N–H and O–H groups in total. The predicted octanol–water partition coefficient (Wildman–Crippen LogP) is 0.0184. The molecule has 1 unspecified atom stereocenters. The maximum atomic E-state index is 14.2. The van der Waals surface area contributed by atoms with Crippen molar-refractivity contribution in [3.8, 4) is 11.5 Å².